The molecule has 104 valence electrons. The molecule has 1 aliphatic heterocycles. The number of rotatable bonds is 5. The summed E-state index contributed by atoms with van der Waals surface area (Å²) < 4.78 is 10.9. The van der Waals surface area contributed by atoms with Crippen LogP contribution >= 0.6 is 0 Å². The van der Waals surface area contributed by atoms with E-state index in [2.05, 4.69) is 0 Å². The molecule has 0 aliphatic carbocycles. The summed E-state index contributed by atoms with van der Waals surface area (Å²) in [6.45, 7) is 4.36. The highest BCUT2D eigenvalue weighted by Crippen LogP contribution is 2.14. The molecule has 0 radical (unpaired) electrons. The normalized spacial score (nSPS) is 18.3. The number of amides is 1. The van der Waals surface area contributed by atoms with Crippen molar-refractivity contribution in [2.45, 2.75) is 32.5 Å². The maximum atomic E-state index is 12.0. The number of carbonyl (C=O) groups is 1. The van der Waals surface area contributed by atoms with Crippen molar-refractivity contribution in [3.05, 3.63) is 35.9 Å². The molecule has 1 atom stereocenters. The topological polar surface area (TPSA) is 38.8 Å². The van der Waals surface area contributed by atoms with Gasteiger partial charge in [-0.25, -0.2) is 4.79 Å². The van der Waals surface area contributed by atoms with Gasteiger partial charge < -0.3 is 14.4 Å². The molecular formula is C15H21NO3. The first kappa shape index (κ1) is 13.9. The predicted octanol–water partition coefficient (Wildman–Crippen LogP) is 2.82. The number of nitrogens with zero attached hydrogens (tertiary/aromatic N) is 1. The fraction of sp³-hybridized carbons (Fsp3) is 0.533. The molecule has 4 heteroatoms. The number of likely N-dealkylation sites (N-methyl/N-ethyl adjacent to an activating group) is 1. The first-order valence-corrected chi connectivity index (χ1v) is 6.87. The van der Waals surface area contributed by atoms with Crippen molar-refractivity contribution in [1.29, 1.82) is 0 Å². The third kappa shape index (κ3) is 4.24. The summed E-state index contributed by atoms with van der Waals surface area (Å²) in [6, 6.07) is 9.72. The van der Waals surface area contributed by atoms with Gasteiger partial charge >= 0.3 is 6.09 Å². The Labute approximate surface area is 114 Å². The van der Waals surface area contributed by atoms with Crippen LogP contribution in [0.2, 0.25) is 0 Å². The van der Waals surface area contributed by atoms with E-state index in [0.29, 0.717) is 19.7 Å². The van der Waals surface area contributed by atoms with E-state index in [1.54, 1.807) is 4.90 Å². The van der Waals surface area contributed by atoms with E-state index < -0.39 is 0 Å². The Balaban J connectivity index is 1.79. The van der Waals surface area contributed by atoms with Gasteiger partial charge in [0.05, 0.1) is 12.6 Å². The van der Waals surface area contributed by atoms with Crippen LogP contribution in [0.25, 0.3) is 0 Å². The van der Waals surface area contributed by atoms with Crippen LogP contribution in [0.4, 0.5) is 4.79 Å². The first-order valence-electron chi connectivity index (χ1n) is 6.87. The van der Waals surface area contributed by atoms with Gasteiger partial charge in [-0.1, -0.05) is 30.3 Å². The molecular weight excluding hydrogens is 242 g/mol. The Morgan fingerprint density at radius 2 is 2.21 bits per heavy atom. The third-order valence-electron chi connectivity index (χ3n) is 3.29. The molecule has 1 heterocycles. The quantitative estimate of drug-likeness (QED) is 0.820. The lowest BCUT2D eigenvalue weighted by atomic mass is 10.2. The lowest BCUT2D eigenvalue weighted by molar-refractivity contribution is 0.0550. The van der Waals surface area contributed by atoms with Crippen LogP contribution < -0.4 is 0 Å². The zero-order valence-electron chi connectivity index (χ0n) is 11.4. The summed E-state index contributed by atoms with van der Waals surface area (Å²) in [7, 11) is 0. The standard InChI is InChI=1S/C15H21NO3/c1-2-16(11-14-9-6-10-18-14)15(17)19-12-13-7-4-3-5-8-13/h3-5,7-8,14H,2,6,9-12H2,1H3. The molecule has 1 aromatic rings. The molecule has 4 nitrogen and oxygen atoms in total. The maximum absolute atomic E-state index is 12.0. The van der Waals surface area contributed by atoms with E-state index in [1.807, 2.05) is 37.3 Å². The van der Waals surface area contributed by atoms with E-state index in [4.69, 9.17) is 9.47 Å². The van der Waals surface area contributed by atoms with Crippen LogP contribution in [0.1, 0.15) is 25.3 Å². The van der Waals surface area contributed by atoms with Crippen LogP contribution in [0.3, 0.4) is 0 Å². The predicted molar refractivity (Wildman–Crippen MR) is 72.8 cm³/mol. The molecule has 0 spiro atoms. The summed E-state index contributed by atoms with van der Waals surface area (Å²) in [6.07, 6.45) is 2.02. The van der Waals surface area contributed by atoms with Crippen LogP contribution in [0.5, 0.6) is 0 Å². The van der Waals surface area contributed by atoms with Crippen LogP contribution in [0, 0.1) is 0 Å². The van der Waals surface area contributed by atoms with Crippen molar-refractivity contribution in [1.82, 2.24) is 4.90 Å². The number of ether oxygens (including phenoxy) is 2. The monoisotopic (exact) mass is 263 g/mol. The van der Waals surface area contributed by atoms with Crippen molar-refractivity contribution < 1.29 is 14.3 Å². The van der Waals surface area contributed by atoms with Gasteiger partial charge in [0, 0.05) is 13.2 Å². The van der Waals surface area contributed by atoms with E-state index in [0.717, 1.165) is 25.0 Å². The highest BCUT2D eigenvalue weighted by molar-refractivity contribution is 5.67. The maximum Gasteiger partial charge on any atom is 0.410 e. The van der Waals surface area contributed by atoms with Crippen molar-refractivity contribution >= 4 is 6.09 Å². The summed E-state index contributed by atoms with van der Waals surface area (Å²) in [4.78, 5) is 13.7. The molecule has 1 aliphatic rings. The molecule has 2 rings (SSSR count). The molecule has 0 bridgehead atoms. The minimum absolute atomic E-state index is 0.171. The van der Waals surface area contributed by atoms with Crippen LogP contribution in [-0.4, -0.2) is 36.8 Å². The largest absolute Gasteiger partial charge is 0.445 e. The Kier molecular flexibility index (Phi) is 5.21. The molecule has 0 aromatic heterocycles. The minimum Gasteiger partial charge on any atom is -0.445 e. The van der Waals surface area contributed by atoms with Gasteiger partial charge in [0.15, 0.2) is 0 Å². The second-order valence-electron chi connectivity index (χ2n) is 4.71. The number of benzene rings is 1. The van der Waals surface area contributed by atoms with Crippen molar-refractivity contribution in [3.63, 3.8) is 0 Å². The van der Waals surface area contributed by atoms with E-state index >= 15 is 0 Å². The fourth-order valence-electron chi connectivity index (χ4n) is 2.18. The molecule has 19 heavy (non-hydrogen) atoms. The van der Waals surface area contributed by atoms with Crippen LogP contribution in [0.15, 0.2) is 30.3 Å². The smallest absolute Gasteiger partial charge is 0.410 e. The summed E-state index contributed by atoms with van der Waals surface area (Å²) >= 11 is 0. The second kappa shape index (κ2) is 7.14. The van der Waals surface area contributed by atoms with E-state index in [9.17, 15) is 4.79 Å². The first-order chi connectivity index (χ1) is 9.29. The van der Waals surface area contributed by atoms with E-state index in [1.165, 1.54) is 0 Å². The van der Waals surface area contributed by atoms with Crippen LogP contribution in [-0.2, 0) is 16.1 Å². The fourth-order valence-corrected chi connectivity index (χ4v) is 2.18. The third-order valence-corrected chi connectivity index (χ3v) is 3.29. The Morgan fingerprint density at radius 3 is 2.84 bits per heavy atom. The second-order valence-corrected chi connectivity index (χ2v) is 4.71. The lowest BCUT2D eigenvalue weighted by Gasteiger charge is -2.23. The average Bonchev–Trinajstić information content (AvgIpc) is 2.96. The highest BCUT2D eigenvalue weighted by Gasteiger charge is 2.22. The summed E-state index contributed by atoms with van der Waals surface area (Å²) in [5.74, 6) is 0. The Morgan fingerprint density at radius 1 is 1.42 bits per heavy atom. The molecule has 0 N–H and O–H groups in total. The zero-order valence-corrected chi connectivity index (χ0v) is 11.4. The van der Waals surface area contributed by atoms with Gasteiger partial charge in [-0.15, -0.1) is 0 Å². The highest BCUT2D eigenvalue weighted by atomic mass is 16.6. The lowest BCUT2D eigenvalue weighted by Crippen LogP contribution is -2.37. The van der Waals surface area contributed by atoms with Gasteiger partial charge in [0.1, 0.15) is 6.61 Å². The van der Waals surface area contributed by atoms with Crippen molar-refractivity contribution in [2.75, 3.05) is 19.7 Å². The van der Waals surface area contributed by atoms with Crippen molar-refractivity contribution in [2.24, 2.45) is 0 Å². The summed E-state index contributed by atoms with van der Waals surface area (Å²) in [5.41, 5.74) is 1.00. The Bertz CT molecular complexity index is 388. The molecule has 1 amide bonds. The van der Waals surface area contributed by atoms with E-state index in [-0.39, 0.29) is 12.2 Å². The number of hydrogen-bond donors (Lipinski definition) is 0. The molecule has 1 aromatic carbocycles. The minimum atomic E-state index is -0.262. The number of hydrogen-bond acceptors (Lipinski definition) is 3. The SMILES string of the molecule is CCN(CC1CCCO1)C(=O)OCc1ccccc1. The van der Waals surface area contributed by atoms with Gasteiger partial charge in [-0.05, 0) is 25.3 Å². The van der Waals surface area contributed by atoms with Gasteiger partial charge in [-0.2, -0.15) is 0 Å². The van der Waals surface area contributed by atoms with Gasteiger partial charge in [0.2, 0.25) is 0 Å². The molecule has 1 fully saturated rings. The molecule has 1 saturated heterocycles. The Hall–Kier alpha value is -1.55. The van der Waals surface area contributed by atoms with Crippen molar-refractivity contribution in [3.8, 4) is 0 Å². The van der Waals surface area contributed by atoms with Gasteiger partial charge in [-0.3, -0.25) is 0 Å². The number of carbonyl (C=O) groups excluding carboxylic acids is 1. The zero-order chi connectivity index (χ0) is 13.5. The molecule has 1 unspecified atom stereocenters. The van der Waals surface area contributed by atoms with Gasteiger partial charge in [0.25, 0.3) is 0 Å². The molecule has 0 saturated carbocycles. The summed E-state index contributed by atoms with van der Waals surface area (Å²) in [5, 5.41) is 0. The average molecular weight is 263 g/mol.